The van der Waals surface area contributed by atoms with Crippen molar-refractivity contribution in [2.75, 3.05) is 25.1 Å². The van der Waals surface area contributed by atoms with Crippen molar-refractivity contribution in [1.29, 1.82) is 0 Å². The standard InChI is InChI=1S/C20H22ClNO4/c1-3-24-16-6-8-19(25-4-2)17(11-16)22-20(23)14-9-13-10-15(21)5-7-18(13)26-12-14/h5-8,10-11,14H,3-4,9,12H2,1-2H3,(H,22,23)/t14-/m0/s1. The number of ether oxygens (including phenoxy) is 3. The van der Waals surface area contributed by atoms with Gasteiger partial charge in [0, 0.05) is 11.1 Å². The summed E-state index contributed by atoms with van der Waals surface area (Å²) in [5.41, 5.74) is 1.54. The van der Waals surface area contributed by atoms with E-state index < -0.39 is 0 Å². The maximum atomic E-state index is 12.8. The number of carbonyl (C=O) groups is 1. The second kappa shape index (κ2) is 8.32. The van der Waals surface area contributed by atoms with Crippen LogP contribution in [0.4, 0.5) is 5.69 Å². The molecule has 0 fully saturated rings. The van der Waals surface area contributed by atoms with Gasteiger partial charge < -0.3 is 19.5 Å². The number of halogens is 1. The first-order valence-electron chi connectivity index (χ1n) is 8.72. The van der Waals surface area contributed by atoms with Crippen molar-refractivity contribution >= 4 is 23.2 Å². The molecule has 3 rings (SSSR count). The molecule has 5 nitrogen and oxygen atoms in total. The van der Waals surface area contributed by atoms with Crippen LogP contribution < -0.4 is 19.5 Å². The fourth-order valence-electron chi connectivity index (χ4n) is 2.91. The highest BCUT2D eigenvalue weighted by molar-refractivity contribution is 6.30. The highest BCUT2D eigenvalue weighted by Gasteiger charge is 2.27. The molecule has 0 radical (unpaired) electrons. The van der Waals surface area contributed by atoms with Crippen LogP contribution in [0, 0.1) is 5.92 Å². The zero-order valence-corrected chi connectivity index (χ0v) is 15.6. The van der Waals surface area contributed by atoms with Gasteiger partial charge in [-0.25, -0.2) is 0 Å². The van der Waals surface area contributed by atoms with Gasteiger partial charge >= 0.3 is 0 Å². The number of benzene rings is 2. The van der Waals surface area contributed by atoms with Crippen molar-refractivity contribution < 1.29 is 19.0 Å². The number of anilines is 1. The molecule has 26 heavy (non-hydrogen) atoms. The van der Waals surface area contributed by atoms with E-state index in [1.807, 2.05) is 32.0 Å². The number of carbonyl (C=O) groups excluding carboxylic acids is 1. The van der Waals surface area contributed by atoms with Gasteiger partial charge in [-0.1, -0.05) is 11.6 Å². The van der Waals surface area contributed by atoms with Crippen molar-refractivity contribution in [2.45, 2.75) is 20.3 Å². The summed E-state index contributed by atoms with van der Waals surface area (Å²) in [4.78, 5) is 12.8. The Hall–Kier alpha value is -2.40. The first-order valence-corrected chi connectivity index (χ1v) is 9.10. The predicted molar refractivity (Wildman–Crippen MR) is 102 cm³/mol. The third-order valence-corrected chi connectivity index (χ3v) is 4.35. The summed E-state index contributed by atoms with van der Waals surface area (Å²) in [5, 5.41) is 3.59. The van der Waals surface area contributed by atoms with E-state index in [0.717, 1.165) is 11.3 Å². The topological polar surface area (TPSA) is 56.8 Å². The molecule has 1 aliphatic rings. The van der Waals surface area contributed by atoms with Crippen LogP contribution in [0.5, 0.6) is 17.2 Å². The first-order chi connectivity index (χ1) is 12.6. The molecular formula is C20H22ClNO4. The lowest BCUT2D eigenvalue weighted by atomic mass is 9.96. The Morgan fingerprint density at radius 2 is 2.00 bits per heavy atom. The second-order valence-corrected chi connectivity index (χ2v) is 6.41. The molecule has 6 heteroatoms. The molecule has 0 unspecified atom stereocenters. The SMILES string of the molecule is CCOc1ccc(OCC)c(NC(=O)[C@@H]2COc3ccc(Cl)cc3C2)c1. The van der Waals surface area contributed by atoms with E-state index in [2.05, 4.69) is 5.32 Å². The van der Waals surface area contributed by atoms with Gasteiger partial charge in [0.25, 0.3) is 0 Å². The summed E-state index contributed by atoms with van der Waals surface area (Å²) >= 11 is 6.05. The lowest BCUT2D eigenvalue weighted by molar-refractivity contribution is -0.121. The lowest BCUT2D eigenvalue weighted by Crippen LogP contribution is -2.32. The highest BCUT2D eigenvalue weighted by atomic mass is 35.5. The zero-order chi connectivity index (χ0) is 18.5. The number of rotatable bonds is 6. The molecule has 0 bridgehead atoms. The fraction of sp³-hybridized carbons (Fsp3) is 0.350. The van der Waals surface area contributed by atoms with Crippen LogP contribution in [0.3, 0.4) is 0 Å². The molecule has 0 spiro atoms. The summed E-state index contributed by atoms with van der Waals surface area (Å²) in [6, 6.07) is 10.9. The van der Waals surface area contributed by atoms with Crippen molar-refractivity contribution in [3.05, 3.63) is 47.0 Å². The monoisotopic (exact) mass is 375 g/mol. The van der Waals surface area contributed by atoms with Crippen molar-refractivity contribution in [2.24, 2.45) is 5.92 Å². The Balaban J connectivity index is 1.76. The van der Waals surface area contributed by atoms with Crippen LogP contribution in [0.25, 0.3) is 0 Å². The van der Waals surface area contributed by atoms with Gasteiger partial charge in [-0.3, -0.25) is 4.79 Å². The predicted octanol–water partition coefficient (Wildman–Crippen LogP) is 4.33. The number of hydrogen-bond acceptors (Lipinski definition) is 4. The molecular weight excluding hydrogens is 354 g/mol. The Kier molecular flexibility index (Phi) is 5.89. The van der Waals surface area contributed by atoms with Crippen LogP contribution in [0.1, 0.15) is 19.4 Å². The molecule has 0 aromatic heterocycles. The Morgan fingerprint density at radius 1 is 1.19 bits per heavy atom. The normalized spacial score (nSPS) is 15.6. The van der Waals surface area contributed by atoms with Gasteiger partial charge in [-0.15, -0.1) is 0 Å². The molecule has 1 heterocycles. The van der Waals surface area contributed by atoms with E-state index in [0.29, 0.717) is 48.5 Å². The summed E-state index contributed by atoms with van der Waals surface area (Å²) < 4.78 is 16.8. The van der Waals surface area contributed by atoms with E-state index in [1.165, 1.54) is 0 Å². The van der Waals surface area contributed by atoms with Crippen LogP contribution in [0.15, 0.2) is 36.4 Å². The molecule has 0 saturated heterocycles. The van der Waals surface area contributed by atoms with Crippen LogP contribution in [-0.4, -0.2) is 25.7 Å². The van der Waals surface area contributed by atoms with E-state index >= 15 is 0 Å². The van der Waals surface area contributed by atoms with Gasteiger partial charge in [0.15, 0.2) is 0 Å². The van der Waals surface area contributed by atoms with Gasteiger partial charge in [0.1, 0.15) is 23.9 Å². The molecule has 1 atom stereocenters. The molecule has 0 saturated carbocycles. The average Bonchev–Trinajstić information content (AvgIpc) is 2.63. The minimum Gasteiger partial charge on any atom is -0.494 e. The third-order valence-electron chi connectivity index (χ3n) is 4.12. The van der Waals surface area contributed by atoms with Gasteiger partial charge in [0.2, 0.25) is 5.91 Å². The number of nitrogens with one attached hydrogen (secondary N) is 1. The number of fused-ring (bicyclic) bond motifs is 1. The first kappa shape index (κ1) is 18.4. The number of amides is 1. The average molecular weight is 376 g/mol. The van der Waals surface area contributed by atoms with E-state index in [4.69, 9.17) is 25.8 Å². The Bertz CT molecular complexity index is 793. The van der Waals surface area contributed by atoms with Crippen molar-refractivity contribution in [1.82, 2.24) is 0 Å². The maximum Gasteiger partial charge on any atom is 0.231 e. The van der Waals surface area contributed by atoms with E-state index in [1.54, 1.807) is 18.2 Å². The smallest absolute Gasteiger partial charge is 0.231 e. The van der Waals surface area contributed by atoms with E-state index in [-0.39, 0.29) is 11.8 Å². The summed E-state index contributed by atoms with van der Waals surface area (Å²) in [6.07, 6.45) is 0.580. The minimum atomic E-state index is -0.300. The summed E-state index contributed by atoms with van der Waals surface area (Å²) in [7, 11) is 0. The molecule has 2 aromatic carbocycles. The molecule has 0 aliphatic carbocycles. The quantitative estimate of drug-likeness (QED) is 0.816. The maximum absolute atomic E-state index is 12.8. The second-order valence-electron chi connectivity index (χ2n) is 5.98. The molecule has 138 valence electrons. The summed E-state index contributed by atoms with van der Waals surface area (Å²) in [6.45, 7) is 5.20. The van der Waals surface area contributed by atoms with Gasteiger partial charge in [-0.05, 0) is 56.2 Å². The van der Waals surface area contributed by atoms with Crippen LogP contribution in [0.2, 0.25) is 5.02 Å². The van der Waals surface area contributed by atoms with Crippen LogP contribution in [-0.2, 0) is 11.2 Å². The largest absolute Gasteiger partial charge is 0.494 e. The summed E-state index contributed by atoms with van der Waals surface area (Å²) in [5.74, 6) is 1.66. The Labute approximate surface area is 158 Å². The third kappa shape index (κ3) is 4.22. The molecule has 1 amide bonds. The zero-order valence-electron chi connectivity index (χ0n) is 14.9. The minimum absolute atomic E-state index is 0.120. The molecule has 1 N–H and O–H groups in total. The molecule has 2 aromatic rings. The fourth-order valence-corrected chi connectivity index (χ4v) is 3.11. The van der Waals surface area contributed by atoms with E-state index in [9.17, 15) is 4.79 Å². The molecule has 1 aliphatic heterocycles. The van der Waals surface area contributed by atoms with Gasteiger partial charge in [-0.2, -0.15) is 0 Å². The van der Waals surface area contributed by atoms with Crippen LogP contribution >= 0.6 is 11.6 Å². The lowest BCUT2D eigenvalue weighted by Gasteiger charge is -2.25. The number of hydrogen-bond donors (Lipinski definition) is 1. The Morgan fingerprint density at radius 3 is 2.77 bits per heavy atom. The van der Waals surface area contributed by atoms with Gasteiger partial charge in [0.05, 0.1) is 24.8 Å². The highest BCUT2D eigenvalue weighted by Crippen LogP contribution is 2.33. The van der Waals surface area contributed by atoms with Crippen molar-refractivity contribution in [3.63, 3.8) is 0 Å². The van der Waals surface area contributed by atoms with Crippen molar-refractivity contribution in [3.8, 4) is 17.2 Å².